The van der Waals surface area contributed by atoms with Gasteiger partial charge in [-0.15, -0.1) is 0 Å². The van der Waals surface area contributed by atoms with Gasteiger partial charge in [-0.1, -0.05) is 30.3 Å². The molecule has 9 heteroatoms. The minimum atomic E-state index is -5.09. The molecule has 1 N–H and O–H groups in total. The average Bonchev–Trinajstić information content (AvgIpc) is 2.98. The third-order valence-electron chi connectivity index (χ3n) is 5.11. The molecule has 3 nitrogen and oxygen atoms in total. The molecule has 0 saturated carbocycles. The van der Waals surface area contributed by atoms with Gasteiger partial charge < -0.3 is 9.84 Å². The second-order valence-electron chi connectivity index (χ2n) is 6.98. The van der Waals surface area contributed by atoms with Crippen LogP contribution in [0.25, 0.3) is 0 Å². The number of carbonyl (C=O) groups is 1. The van der Waals surface area contributed by atoms with E-state index in [0.29, 0.717) is 12.1 Å². The van der Waals surface area contributed by atoms with Gasteiger partial charge in [0.05, 0.1) is 11.1 Å². The summed E-state index contributed by atoms with van der Waals surface area (Å²) in [5, 5.41) is 9.71. The Labute approximate surface area is 171 Å². The summed E-state index contributed by atoms with van der Waals surface area (Å²) < 4.78 is 86.1. The molecule has 0 saturated heterocycles. The van der Waals surface area contributed by atoms with Crippen molar-refractivity contribution < 1.29 is 41.0 Å². The van der Waals surface area contributed by atoms with Crippen LogP contribution in [0.15, 0.2) is 66.7 Å². The highest BCUT2D eigenvalue weighted by atomic mass is 19.4. The highest BCUT2D eigenvalue weighted by Crippen LogP contribution is 2.51. The van der Waals surface area contributed by atoms with Gasteiger partial charge in [-0.25, -0.2) is 4.79 Å². The van der Waals surface area contributed by atoms with Crippen molar-refractivity contribution >= 4 is 5.97 Å². The fourth-order valence-electron chi connectivity index (χ4n) is 3.76. The Morgan fingerprint density at radius 3 is 1.87 bits per heavy atom. The van der Waals surface area contributed by atoms with Crippen LogP contribution in [0.4, 0.5) is 26.3 Å². The number of phenolic OH excluding ortho intramolecular Hbond substituents is 1. The molecule has 3 aromatic rings. The summed E-state index contributed by atoms with van der Waals surface area (Å²) in [5.74, 6) is -1.51. The van der Waals surface area contributed by atoms with Crippen molar-refractivity contribution in [3.05, 3.63) is 94.5 Å². The number of fused-ring (bicyclic) bond motifs is 1. The Kier molecular flexibility index (Phi) is 4.53. The van der Waals surface area contributed by atoms with Crippen LogP contribution < -0.4 is 4.74 Å². The first-order valence-corrected chi connectivity index (χ1v) is 8.85. The van der Waals surface area contributed by atoms with E-state index in [0.717, 1.165) is 6.07 Å². The van der Waals surface area contributed by atoms with E-state index in [1.54, 1.807) is 6.07 Å². The molecule has 0 radical (unpaired) electrons. The van der Waals surface area contributed by atoms with E-state index in [9.17, 15) is 36.2 Å². The molecule has 1 aliphatic rings. The normalized spacial score (nSPS) is 18.6. The summed E-state index contributed by atoms with van der Waals surface area (Å²) in [6, 6.07) is 12.0. The zero-order valence-electron chi connectivity index (χ0n) is 15.4. The number of esters is 1. The minimum absolute atomic E-state index is 0.000209. The third kappa shape index (κ3) is 3.30. The zero-order chi connectivity index (χ0) is 22.6. The van der Waals surface area contributed by atoms with Gasteiger partial charge in [-0.05, 0) is 41.5 Å². The number of aromatic hydroxyl groups is 1. The summed E-state index contributed by atoms with van der Waals surface area (Å²) in [6.45, 7) is 0. The van der Waals surface area contributed by atoms with Gasteiger partial charge in [0, 0.05) is 11.6 Å². The van der Waals surface area contributed by atoms with Crippen LogP contribution in [-0.2, 0) is 22.6 Å². The van der Waals surface area contributed by atoms with Crippen molar-refractivity contribution in [1.29, 1.82) is 0 Å². The first-order valence-electron chi connectivity index (χ1n) is 8.85. The fourth-order valence-corrected chi connectivity index (χ4v) is 3.76. The first kappa shape index (κ1) is 20.8. The summed E-state index contributed by atoms with van der Waals surface area (Å²) in [4.78, 5) is 13.1. The van der Waals surface area contributed by atoms with E-state index in [2.05, 4.69) is 0 Å². The lowest BCUT2D eigenvalue weighted by Gasteiger charge is -2.29. The van der Waals surface area contributed by atoms with Crippen LogP contribution >= 0.6 is 0 Å². The van der Waals surface area contributed by atoms with Crippen LogP contribution in [-0.4, -0.2) is 11.1 Å². The van der Waals surface area contributed by atoms with Crippen molar-refractivity contribution in [2.45, 2.75) is 17.8 Å². The number of rotatable bonds is 2. The minimum Gasteiger partial charge on any atom is -0.508 e. The van der Waals surface area contributed by atoms with Crippen molar-refractivity contribution in [3.8, 4) is 11.5 Å². The lowest BCUT2D eigenvalue weighted by Crippen LogP contribution is -2.37. The molecule has 3 aromatic carbocycles. The number of hydrogen-bond donors (Lipinski definition) is 1. The summed E-state index contributed by atoms with van der Waals surface area (Å²) in [6.07, 6.45) is -10.2. The predicted molar refractivity (Wildman–Crippen MR) is 96.5 cm³/mol. The maximum absolute atomic E-state index is 13.5. The maximum atomic E-state index is 13.5. The highest BCUT2D eigenvalue weighted by molar-refractivity contribution is 5.98. The van der Waals surface area contributed by atoms with Crippen molar-refractivity contribution in [2.24, 2.45) is 0 Å². The molecule has 1 atom stereocenters. The molecular formula is C22H12F6O3. The molecule has 0 aliphatic carbocycles. The monoisotopic (exact) mass is 438 g/mol. The van der Waals surface area contributed by atoms with Gasteiger partial charge in [-0.3, -0.25) is 0 Å². The second kappa shape index (κ2) is 6.76. The number of benzene rings is 3. The van der Waals surface area contributed by atoms with Crippen molar-refractivity contribution in [1.82, 2.24) is 0 Å². The van der Waals surface area contributed by atoms with E-state index < -0.39 is 40.4 Å². The molecule has 0 fully saturated rings. The highest BCUT2D eigenvalue weighted by Gasteiger charge is 2.53. The number of ether oxygens (including phenoxy) is 1. The summed E-state index contributed by atoms with van der Waals surface area (Å²) in [7, 11) is 0. The Bertz CT molecular complexity index is 1140. The molecule has 0 aromatic heterocycles. The summed E-state index contributed by atoms with van der Waals surface area (Å²) in [5.41, 5.74) is -5.59. The Balaban J connectivity index is 2.12. The van der Waals surface area contributed by atoms with E-state index >= 15 is 0 Å². The SMILES string of the molecule is O=C1Oc2cc(O)ccc2[C@@]1(c1ccccc1)c1cc(C(F)(F)F)cc(C(F)(F)F)c1. The number of halogens is 6. The molecule has 0 unspecified atom stereocenters. The van der Waals surface area contributed by atoms with Crippen molar-refractivity contribution in [2.75, 3.05) is 0 Å². The standard InChI is InChI=1S/C22H12F6O3/c23-21(24,25)14-8-13(9-15(10-14)22(26,27)28)20(12-4-2-1-3-5-12)17-7-6-16(29)11-18(17)31-19(20)30/h1-11,29H/t20-/m1/s1. The molecule has 160 valence electrons. The smallest absolute Gasteiger partial charge is 0.416 e. The van der Waals surface area contributed by atoms with E-state index in [-0.39, 0.29) is 28.7 Å². The van der Waals surface area contributed by atoms with Crippen LogP contribution in [0.5, 0.6) is 11.5 Å². The Morgan fingerprint density at radius 1 is 0.742 bits per heavy atom. The predicted octanol–water partition coefficient (Wildman–Crippen LogP) is 5.68. The fraction of sp³-hybridized carbons (Fsp3) is 0.136. The largest absolute Gasteiger partial charge is 0.508 e. The lowest BCUT2D eigenvalue weighted by molar-refractivity contribution is -0.144. The van der Waals surface area contributed by atoms with Crippen LogP contribution in [0, 0.1) is 0 Å². The zero-order valence-corrected chi connectivity index (χ0v) is 15.4. The molecule has 1 aliphatic heterocycles. The van der Waals surface area contributed by atoms with E-state index in [4.69, 9.17) is 4.74 Å². The third-order valence-corrected chi connectivity index (χ3v) is 5.11. The Morgan fingerprint density at radius 2 is 1.32 bits per heavy atom. The second-order valence-corrected chi connectivity index (χ2v) is 6.98. The quantitative estimate of drug-likeness (QED) is 0.318. The van der Waals surface area contributed by atoms with Gasteiger partial charge in [-0.2, -0.15) is 26.3 Å². The summed E-state index contributed by atoms with van der Waals surface area (Å²) >= 11 is 0. The molecule has 0 bridgehead atoms. The number of phenols is 1. The van der Waals surface area contributed by atoms with Gasteiger partial charge in [0.15, 0.2) is 0 Å². The molecule has 1 heterocycles. The number of alkyl halides is 6. The van der Waals surface area contributed by atoms with Crippen molar-refractivity contribution in [3.63, 3.8) is 0 Å². The van der Waals surface area contributed by atoms with Crippen LogP contribution in [0.2, 0.25) is 0 Å². The van der Waals surface area contributed by atoms with Gasteiger partial charge in [0.1, 0.15) is 16.9 Å². The van der Waals surface area contributed by atoms with Gasteiger partial charge in [0.25, 0.3) is 0 Å². The Hall–Kier alpha value is -3.49. The van der Waals surface area contributed by atoms with Gasteiger partial charge in [0.2, 0.25) is 0 Å². The number of carbonyl (C=O) groups excluding carboxylic acids is 1. The molecule has 0 amide bonds. The number of hydrogen-bond acceptors (Lipinski definition) is 3. The van der Waals surface area contributed by atoms with Gasteiger partial charge >= 0.3 is 18.3 Å². The van der Waals surface area contributed by atoms with Crippen LogP contribution in [0.1, 0.15) is 27.8 Å². The maximum Gasteiger partial charge on any atom is 0.416 e. The van der Waals surface area contributed by atoms with E-state index in [1.807, 2.05) is 0 Å². The van der Waals surface area contributed by atoms with E-state index in [1.165, 1.54) is 36.4 Å². The molecule has 0 spiro atoms. The average molecular weight is 438 g/mol. The van der Waals surface area contributed by atoms with Crippen LogP contribution in [0.3, 0.4) is 0 Å². The molecular weight excluding hydrogens is 426 g/mol. The molecule has 4 rings (SSSR count). The lowest BCUT2D eigenvalue weighted by atomic mass is 9.69. The molecule has 31 heavy (non-hydrogen) atoms. The topological polar surface area (TPSA) is 46.5 Å². The first-order chi connectivity index (χ1) is 14.4.